The molecule has 2 heterocycles. The fraction of sp³-hybridized carbons (Fsp3) is 0.417. The van der Waals surface area contributed by atoms with E-state index in [9.17, 15) is 9.59 Å². The van der Waals surface area contributed by atoms with Crippen molar-refractivity contribution >= 4 is 23.5 Å². The Kier molecular flexibility index (Phi) is 3.81. The molecule has 0 saturated carbocycles. The highest BCUT2D eigenvalue weighted by atomic mass is 35.5. The van der Waals surface area contributed by atoms with Gasteiger partial charge in [-0.25, -0.2) is 9.78 Å². The summed E-state index contributed by atoms with van der Waals surface area (Å²) in [6.45, 7) is 0.557. The smallest absolute Gasteiger partial charge is 0.328 e. The summed E-state index contributed by atoms with van der Waals surface area (Å²) in [5.74, 6) is -0.588. The number of hydrogen-bond donors (Lipinski definition) is 0. The number of likely N-dealkylation sites (tertiary alicyclic amines) is 1. The van der Waals surface area contributed by atoms with Crippen LogP contribution in [-0.4, -0.2) is 41.5 Å². The van der Waals surface area contributed by atoms with Gasteiger partial charge in [0.15, 0.2) is 0 Å². The molecule has 0 aliphatic carbocycles. The van der Waals surface area contributed by atoms with E-state index in [-0.39, 0.29) is 11.9 Å². The van der Waals surface area contributed by atoms with E-state index < -0.39 is 6.04 Å². The zero-order valence-electron chi connectivity index (χ0n) is 9.93. The van der Waals surface area contributed by atoms with Gasteiger partial charge in [0.25, 0.3) is 5.91 Å². The average molecular weight is 269 g/mol. The van der Waals surface area contributed by atoms with Crippen molar-refractivity contribution in [2.75, 3.05) is 13.7 Å². The van der Waals surface area contributed by atoms with Crippen LogP contribution >= 0.6 is 11.6 Å². The molecule has 96 valence electrons. The molecule has 1 unspecified atom stereocenters. The van der Waals surface area contributed by atoms with Gasteiger partial charge in [-0.1, -0.05) is 11.6 Å². The molecule has 18 heavy (non-hydrogen) atoms. The summed E-state index contributed by atoms with van der Waals surface area (Å²) in [7, 11) is 1.33. The van der Waals surface area contributed by atoms with Crippen molar-refractivity contribution in [3.63, 3.8) is 0 Å². The van der Waals surface area contributed by atoms with Gasteiger partial charge >= 0.3 is 5.97 Å². The summed E-state index contributed by atoms with van der Waals surface area (Å²) in [4.78, 5) is 29.2. The summed E-state index contributed by atoms with van der Waals surface area (Å²) in [6.07, 6.45) is 2.85. The number of carbonyl (C=O) groups excluding carboxylic acids is 2. The molecule has 1 aromatic rings. The van der Waals surface area contributed by atoms with Gasteiger partial charge < -0.3 is 9.64 Å². The minimum absolute atomic E-state index is 0.216. The summed E-state index contributed by atoms with van der Waals surface area (Å²) in [5.41, 5.74) is 0.426. The number of pyridine rings is 1. The molecule has 1 aromatic heterocycles. The predicted molar refractivity (Wildman–Crippen MR) is 65.3 cm³/mol. The third-order valence-electron chi connectivity index (χ3n) is 2.96. The second kappa shape index (κ2) is 5.35. The lowest BCUT2D eigenvalue weighted by Gasteiger charge is -2.22. The maximum Gasteiger partial charge on any atom is 0.328 e. The lowest BCUT2D eigenvalue weighted by atomic mass is 10.2. The third-order valence-corrected chi connectivity index (χ3v) is 3.18. The van der Waals surface area contributed by atoms with E-state index in [2.05, 4.69) is 4.98 Å². The number of aromatic nitrogens is 1. The number of nitrogens with zero attached hydrogens (tertiary/aromatic N) is 2. The molecule has 1 fully saturated rings. The first-order valence-electron chi connectivity index (χ1n) is 5.64. The van der Waals surface area contributed by atoms with Crippen LogP contribution in [0.25, 0.3) is 0 Å². The molecule has 1 aliphatic rings. The fourth-order valence-electron chi connectivity index (χ4n) is 2.06. The normalized spacial score (nSPS) is 18.8. The quantitative estimate of drug-likeness (QED) is 0.603. The minimum Gasteiger partial charge on any atom is -0.467 e. The highest BCUT2D eigenvalue weighted by Crippen LogP contribution is 2.21. The fourth-order valence-corrected chi connectivity index (χ4v) is 2.17. The molecule has 2 rings (SSSR count). The molecule has 1 saturated heterocycles. The van der Waals surface area contributed by atoms with Gasteiger partial charge in [-0.3, -0.25) is 4.79 Å². The van der Waals surface area contributed by atoms with Crippen molar-refractivity contribution < 1.29 is 14.3 Å². The van der Waals surface area contributed by atoms with Gasteiger partial charge in [-0.05, 0) is 25.0 Å². The maximum absolute atomic E-state index is 12.2. The number of hydrogen-bond acceptors (Lipinski definition) is 4. The molecule has 0 spiro atoms. The zero-order valence-corrected chi connectivity index (χ0v) is 10.7. The Bertz CT molecular complexity index is 461. The summed E-state index contributed by atoms with van der Waals surface area (Å²) in [5, 5.41) is 0.331. The average Bonchev–Trinajstić information content (AvgIpc) is 2.87. The standard InChI is InChI=1S/C12H13ClN2O3/c1-18-12(17)9-3-2-6-15(9)11(16)8-4-5-10(13)14-7-8/h4-5,7,9H,2-3,6H2,1H3. The first-order valence-corrected chi connectivity index (χ1v) is 6.01. The van der Waals surface area contributed by atoms with Crippen molar-refractivity contribution in [3.05, 3.63) is 29.0 Å². The maximum atomic E-state index is 12.2. The Balaban J connectivity index is 2.17. The van der Waals surface area contributed by atoms with Crippen LogP contribution in [0.4, 0.5) is 0 Å². The molecule has 0 radical (unpaired) electrons. The first-order chi connectivity index (χ1) is 8.63. The highest BCUT2D eigenvalue weighted by molar-refractivity contribution is 6.29. The molecule has 0 N–H and O–H groups in total. The van der Waals surface area contributed by atoms with Crippen molar-refractivity contribution in [1.29, 1.82) is 0 Å². The van der Waals surface area contributed by atoms with Crippen molar-refractivity contribution in [3.8, 4) is 0 Å². The van der Waals surface area contributed by atoms with Gasteiger partial charge in [0.05, 0.1) is 12.7 Å². The van der Waals surface area contributed by atoms with Gasteiger partial charge in [-0.2, -0.15) is 0 Å². The van der Waals surface area contributed by atoms with Crippen LogP contribution in [-0.2, 0) is 9.53 Å². The first kappa shape index (κ1) is 12.8. The molecule has 1 atom stereocenters. The van der Waals surface area contributed by atoms with Gasteiger partial charge in [0.1, 0.15) is 11.2 Å². The molecule has 6 heteroatoms. The lowest BCUT2D eigenvalue weighted by Crippen LogP contribution is -2.41. The third kappa shape index (κ3) is 2.46. The van der Waals surface area contributed by atoms with Crippen molar-refractivity contribution in [2.24, 2.45) is 0 Å². The second-order valence-corrected chi connectivity index (χ2v) is 4.44. The van der Waals surface area contributed by atoms with Crippen LogP contribution in [0.2, 0.25) is 5.15 Å². The molecule has 0 bridgehead atoms. The van der Waals surface area contributed by atoms with E-state index in [4.69, 9.17) is 16.3 Å². The summed E-state index contributed by atoms with van der Waals surface area (Å²) >= 11 is 5.67. The Hall–Kier alpha value is -1.62. The minimum atomic E-state index is -0.488. The van der Waals surface area contributed by atoms with E-state index in [1.807, 2.05) is 0 Å². The van der Waals surface area contributed by atoms with Crippen LogP contribution in [0.3, 0.4) is 0 Å². The molecular weight excluding hydrogens is 256 g/mol. The van der Waals surface area contributed by atoms with E-state index in [0.717, 1.165) is 6.42 Å². The van der Waals surface area contributed by atoms with Gasteiger partial charge in [-0.15, -0.1) is 0 Å². The van der Waals surface area contributed by atoms with Crippen molar-refractivity contribution in [2.45, 2.75) is 18.9 Å². The number of carbonyl (C=O) groups is 2. The summed E-state index contributed by atoms with van der Waals surface area (Å²) in [6, 6.07) is 2.67. The van der Waals surface area contributed by atoms with E-state index >= 15 is 0 Å². The number of esters is 1. The van der Waals surface area contributed by atoms with Crippen LogP contribution in [0.15, 0.2) is 18.3 Å². The predicted octanol–water partition coefficient (Wildman–Crippen LogP) is 1.51. The van der Waals surface area contributed by atoms with Crippen LogP contribution in [0.1, 0.15) is 23.2 Å². The number of ether oxygens (including phenoxy) is 1. The van der Waals surface area contributed by atoms with Crippen LogP contribution in [0.5, 0.6) is 0 Å². The van der Waals surface area contributed by atoms with E-state index in [0.29, 0.717) is 23.7 Å². The van der Waals surface area contributed by atoms with Gasteiger partial charge in [0, 0.05) is 12.7 Å². The lowest BCUT2D eigenvalue weighted by molar-refractivity contribution is -0.145. The number of halogens is 1. The molecule has 1 aliphatic heterocycles. The highest BCUT2D eigenvalue weighted by Gasteiger charge is 2.35. The topological polar surface area (TPSA) is 59.5 Å². The Labute approximate surface area is 110 Å². The molecule has 0 aromatic carbocycles. The molecule has 5 nitrogen and oxygen atoms in total. The summed E-state index contributed by atoms with van der Waals surface area (Å²) < 4.78 is 4.70. The van der Waals surface area contributed by atoms with Gasteiger partial charge in [0.2, 0.25) is 0 Å². The number of amides is 1. The zero-order chi connectivity index (χ0) is 13.1. The SMILES string of the molecule is COC(=O)C1CCCN1C(=O)c1ccc(Cl)nc1. The number of methoxy groups -OCH3 is 1. The van der Waals surface area contributed by atoms with E-state index in [1.165, 1.54) is 18.2 Å². The van der Waals surface area contributed by atoms with E-state index in [1.54, 1.807) is 12.1 Å². The number of rotatable bonds is 2. The molecular formula is C12H13ClN2O3. The Morgan fingerprint density at radius 3 is 2.89 bits per heavy atom. The Morgan fingerprint density at radius 1 is 1.50 bits per heavy atom. The largest absolute Gasteiger partial charge is 0.467 e. The molecule has 1 amide bonds. The second-order valence-electron chi connectivity index (χ2n) is 4.05. The monoisotopic (exact) mass is 268 g/mol. The van der Waals surface area contributed by atoms with Crippen LogP contribution < -0.4 is 0 Å². The van der Waals surface area contributed by atoms with Crippen LogP contribution in [0, 0.1) is 0 Å². The Morgan fingerprint density at radius 2 is 2.28 bits per heavy atom. The van der Waals surface area contributed by atoms with Crippen molar-refractivity contribution in [1.82, 2.24) is 9.88 Å².